The van der Waals surface area contributed by atoms with Crippen LogP contribution < -0.4 is 5.32 Å². The van der Waals surface area contributed by atoms with Crippen LogP contribution in [0.2, 0.25) is 0 Å². The summed E-state index contributed by atoms with van der Waals surface area (Å²) in [5, 5.41) is 3.42. The van der Waals surface area contributed by atoms with Gasteiger partial charge < -0.3 is 5.32 Å². The van der Waals surface area contributed by atoms with E-state index in [2.05, 4.69) is 36.5 Å². The van der Waals surface area contributed by atoms with Crippen molar-refractivity contribution in [3.8, 4) is 0 Å². The molecule has 3 heteroatoms. The highest BCUT2D eigenvalue weighted by Gasteiger charge is 1.94. The van der Waals surface area contributed by atoms with E-state index < -0.39 is 0 Å². The molecule has 1 aromatic carbocycles. The summed E-state index contributed by atoms with van der Waals surface area (Å²) in [6, 6.07) is 8.42. The maximum absolute atomic E-state index is 5.78. The molecule has 0 amide bonds. The molecule has 0 unspecified atom stereocenters. The van der Waals surface area contributed by atoms with Gasteiger partial charge in [-0.1, -0.05) is 31.2 Å². The maximum atomic E-state index is 5.78. The predicted molar refractivity (Wildman–Crippen MR) is 70.7 cm³/mol. The number of hydrogen-bond acceptors (Lipinski definition) is 2. The molecule has 0 aliphatic rings. The van der Waals surface area contributed by atoms with Gasteiger partial charge in [-0.2, -0.15) is 11.8 Å². The lowest BCUT2D eigenvalue weighted by atomic mass is 10.1. The third kappa shape index (κ3) is 5.45. The van der Waals surface area contributed by atoms with E-state index in [1.807, 2.05) is 11.8 Å². The molecule has 0 aromatic heterocycles. The summed E-state index contributed by atoms with van der Waals surface area (Å²) in [6.45, 7) is 4.20. The van der Waals surface area contributed by atoms with Gasteiger partial charge in [0.1, 0.15) is 0 Å². The van der Waals surface area contributed by atoms with Crippen molar-refractivity contribution < 1.29 is 0 Å². The molecule has 0 fully saturated rings. The Morgan fingerprint density at radius 3 is 2.87 bits per heavy atom. The second kappa shape index (κ2) is 8.03. The maximum Gasteiger partial charge on any atom is 0.0474 e. The molecular weight excluding hydrogens is 226 g/mol. The van der Waals surface area contributed by atoms with Gasteiger partial charge in [-0.25, -0.2) is 0 Å². The van der Waals surface area contributed by atoms with Crippen LogP contribution in [0.3, 0.4) is 0 Å². The summed E-state index contributed by atoms with van der Waals surface area (Å²) in [6.07, 6.45) is 0. The van der Waals surface area contributed by atoms with Gasteiger partial charge in [-0.3, -0.25) is 0 Å². The van der Waals surface area contributed by atoms with Crippen molar-refractivity contribution in [1.82, 2.24) is 5.32 Å². The molecule has 1 nitrogen and oxygen atoms in total. The molecule has 0 aliphatic carbocycles. The minimum absolute atomic E-state index is 0.597. The van der Waals surface area contributed by atoms with Gasteiger partial charge in [-0.05, 0) is 16.9 Å². The minimum Gasteiger partial charge on any atom is -0.312 e. The van der Waals surface area contributed by atoms with E-state index in [0.29, 0.717) is 5.88 Å². The molecule has 0 heterocycles. The summed E-state index contributed by atoms with van der Waals surface area (Å²) in [7, 11) is 0. The zero-order valence-electron chi connectivity index (χ0n) is 9.13. The van der Waals surface area contributed by atoms with E-state index in [1.165, 1.54) is 22.6 Å². The van der Waals surface area contributed by atoms with Crippen molar-refractivity contribution in [2.45, 2.75) is 19.3 Å². The Morgan fingerprint density at radius 2 is 2.13 bits per heavy atom. The third-order valence-electron chi connectivity index (χ3n) is 2.10. The average Bonchev–Trinajstić information content (AvgIpc) is 2.29. The zero-order valence-corrected chi connectivity index (χ0v) is 10.7. The summed E-state index contributed by atoms with van der Waals surface area (Å²) in [4.78, 5) is 0. The Bertz CT molecular complexity index is 278. The third-order valence-corrected chi connectivity index (χ3v) is 3.31. The first-order valence-electron chi connectivity index (χ1n) is 5.29. The first-order chi connectivity index (χ1) is 7.36. The van der Waals surface area contributed by atoms with Crippen molar-refractivity contribution in [1.29, 1.82) is 0 Å². The van der Waals surface area contributed by atoms with Crippen LogP contribution >= 0.6 is 23.4 Å². The minimum atomic E-state index is 0.597. The highest BCUT2D eigenvalue weighted by molar-refractivity contribution is 7.99. The Balaban J connectivity index is 2.24. The molecule has 1 rings (SSSR count). The number of rotatable bonds is 7. The molecule has 0 saturated carbocycles. The topological polar surface area (TPSA) is 12.0 Å². The smallest absolute Gasteiger partial charge is 0.0474 e. The number of nitrogens with one attached hydrogen (secondary N) is 1. The monoisotopic (exact) mass is 243 g/mol. The van der Waals surface area contributed by atoms with Gasteiger partial charge in [0, 0.05) is 24.7 Å². The summed E-state index contributed by atoms with van der Waals surface area (Å²) in [5.74, 6) is 2.98. The van der Waals surface area contributed by atoms with Gasteiger partial charge in [0.25, 0.3) is 0 Å². The molecular formula is C12H18ClNS. The lowest BCUT2D eigenvalue weighted by molar-refractivity contribution is 0.731. The normalized spacial score (nSPS) is 10.5. The highest BCUT2D eigenvalue weighted by Crippen LogP contribution is 2.07. The van der Waals surface area contributed by atoms with E-state index in [1.54, 1.807) is 0 Å². The van der Waals surface area contributed by atoms with Crippen LogP contribution in [0.1, 0.15) is 18.1 Å². The quantitative estimate of drug-likeness (QED) is 0.583. The zero-order chi connectivity index (χ0) is 10.9. The Labute approximate surface area is 102 Å². The standard InChI is InChI=1S/C12H18ClNS/c1-2-15-7-6-14-10-12-5-3-4-11(8-12)9-13/h3-5,8,14H,2,6-7,9-10H2,1H3. The lowest BCUT2D eigenvalue weighted by Crippen LogP contribution is -2.16. The van der Waals surface area contributed by atoms with E-state index in [-0.39, 0.29) is 0 Å². The molecule has 1 aromatic rings. The first-order valence-corrected chi connectivity index (χ1v) is 6.98. The molecule has 0 radical (unpaired) electrons. The molecule has 84 valence electrons. The van der Waals surface area contributed by atoms with Gasteiger partial charge in [0.2, 0.25) is 0 Å². The average molecular weight is 244 g/mol. The molecule has 0 bridgehead atoms. The predicted octanol–water partition coefficient (Wildman–Crippen LogP) is 3.27. The van der Waals surface area contributed by atoms with Crippen LogP contribution in [-0.4, -0.2) is 18.1 Å². The fourth-order valence-corrected chi connectivity index (χ4v) is 2.09. The summed E-state index contributed by atoms with van der Waals surface area (Å²) in [5.41, 5.74) is 2.51. The van der Waals surface area contributed by atoms with Crippen molar-refractivity contribution >= 4 is 23.4 Å². The summed E-state index contributed by atoms with van der Waals surface area (Å²) >= 11 is 7.75. The lowest BCUT2D eigenvalue weighted by Gasteiger charge is -2.05. The molecule has 0 spiro atoms. The number of thioether (sulfide) groups is 1. The fourth-order valence-electron chi connectivity index (χ4n) is 1.34. The van der Waals surface area contributed by atoms with Crippen molar-refractivity contribution in [3.05, 3.63) is 35.4 Å². The second-order valence-corrected chi connectivity index (χ2v) is 4.99. The number of halogens is 1. The molecule has 0 atom stereocenters. The van der Waals surface area contributed by atoms with Crippen molar-refractivity contribution in [3.63, 3.8) is 0 Å². The fraction of sp³-hybridized carbons (Fsp3) is 0.500. The number of hydrogen-bond donors (Lipinski definition) is 1. The van der Waals surface area contributed by atoms with Crippen LogP contribution in [0.25, 0.3) is 0 Å². The molecule has 0 saturated heterocycles. The van der Waals surface area contributed by atoms with E-state index in [9.17, 15) is 0 Å². The van der Waals surface area contributed by atoms with Gasteiger partial charge in [-0.15, -0.1) is 11.6 Å². The van der Waals surface area contributed by atoms with E-state index >= 15 is 0 Å². The SMILES string of the molecule is CCSCCNCc1cccc(CCl)c1. The van der Waals surface area contributed by atoms with Crippen LogP contribution in [-0.2, 0) is 12.4 Å². The van der Waals surface area contributed by atoms with Crippen LogP contribution in [0.15, 0.2) is 24.3 Å². The van der Waals surface area contributed by atoms with Crippen molar-refractivity contribution in [2.24, 2.45) is 0 Å². The van der Waals surface area contributed by atoms with Crippen molar-refractivity contribution in [2.75, 3.05) is 18.1 Å². The first kappa shape index (κ1) is 12.9. The van der Waals surface area contributed by atoms with Crippen LogP contribution in [0.4, 0.5) is 0 Å². The van der Waals surface area contributed by atoms with Crippen LogP contribution in [0, 0.1) is 0 Å². The van der Waals surface area contributed by atoms with Gasteiger partial charge in [0.15, 0.2) is 0 Å². The molecule has 15 heavy (non-hydrogen) atoms. The van der Waals surface area contributed by atoms with E-state index in [0.717, 1.165) is 13.1 Å². The Kier molecular flexibility index (Phi) is 6.90. The molecule has 0 aliphatic heterocycles. The van der Waals surface area contributed by atoms with Crippen LogP contribution in [0.5, 0.6) is 0 Å². The number of benzene rings is 1. The second-order valence-electron chi connectivity index (χ2n) is 3.33. The Hall–Kier alpha value is -0.180. The highest BCUT2D eigenvalue weighted by atomic mass is 35.5. The molecule has 1 N–H and O–H groups in total. The number of alkyl halides is 1. The van der Waals surface area contributed by atoms with E-state index in [4.69, 9.17) is 11.6 Å². The Morgan fingerprint density at radius 1 is 1.33 bits per heavy atom. The van der Waals surface area contributed by atoms with Gasteiger partial charge >= 0.3 is 0 Å². The summed E-state index contributed by atoms with van der Waals surface area (Å²) < 4.78 is 0. The van der Waals surface area contributed by atoms with Gasteiger partial charge in [0.05, 0.1) is 0 Å². The largest absolute Gasteiger partial charge is 0.312 e.